The summed E-state index contributed by atoms with van der Waals surface area (Å²) >= 11 is 5.68. The lowest BCUT2D eigenvalue weighted by Crippen LogP contribution is -2.13. The number of aromatic nitrogens is 3. The highest BCUT2D eigenvalue weighted by molar-refractivity contribution is 6.28. The Kier molecular flexibility index (Phi) is 4.04. The molecule has 1 unspecified atom stereocenters. The van der Waals surface area contributed by atoms with Gasteiger partial charge in [-0.15, -0.1) is 0 Å². The number of aliphatic hydroxyl groups excluding tert-OH is 1. The molecule has 0 radical (unpaired) electrons. The molecule has 0 aromatic carbocycles. The van der Waals surface area contributed by atoms with Gasteiger partial charge in [-0.3, -0.25) is 0 Å². The van der Waals surface area contributed by atoms with Crippen LogP contribution in [0, 0.1) is 5.92 Å². The molecule has 5 nitrogen and oxygen atoms in total. The van der Waals surface area contributed by atoms with Crippen LogP contribution in [0.5, 0.6) is 0 Å². The van der Waals surface area contributed by atoms with Crippen LogP contribution in [-0.4, -0.2) is 19.9 Å². The van der Waals surface area contributed by atoms with Crippen molar-refractivity contribution in [3.63, 3.8) is 0 Å². The Bertz CT molecular complexity index is 507. The van der Waals surface area contributed by atoms with E-state index in [1.165, 1.54) is 6.33 Å². The van der Waals surface area contributed by atoms with Crippen molar-refractivity contribution in [1.82, 2.24) is 14.8 Å². The van der Waals surface area contributed by atoms with Crippen LogP contribution >= 0.6 is 11.6 Å². The SMILES string of the molecule is CC(C)Cn1ncnc1CC(O)c1ccc(Cl)o1. The molecule has 0 saturated carbocycles. The third-order valence-electron chi connectivity index (χ3n) is 2.53. The van der Waals surface area contributed by atoms with Gasteiger partial charge in [-0.1, -0.05) is 13.8 Å². The van der Waals surface area contributed by atoms with Crippen molar-refractivity contribution in [2.75, 3.05) is 0 Å². The highest BCUT2D eigenvalue weighted by Gasteiger charge is 2.16. The molecule has 0 saturated heterocycles. The second kappa shape index (κ2) is 5.54. The van der Waals surface area contributed by atoms with Crippen LogP contribution in [0.25, 0.3) is 0 Å². The zero-order valence-electron chi connectivity index (χ0n) is 10.4. The maximum absolute atomic E-state index is 10.0. The van der Waals surface area contributed by atoms with E-state index in [1.807, 2.05) is 0 Å². The van der Waals surface area contributed by atoms with Gasteiger partial charge in [-0.05, 0) is 29.7 Å². The van der Waals surface area contributed by atoms with E-state index < -0.39 is 6.10 Å². The number of nitrogens with zero attached hydrogens (tertiary/aromatic N) is 3. The lowest BCUT2D eigenvalue weighted by molar-refractivity contribution is 0.146. The maximum Gasteiger partial charge on any atom is 0.193 e. The molecular formula is C12H16ClN3O2. The second-order valence-corrected chi connectivity index (χ2v) is 4.99. The van der Waals surface area contributed by atoms with E-state index in [1.54, 1.807) is 16.8 Å². The molecule has 6 heteroatoms. The smallest absolute Gasteiger partial charge is 0.193 e. The zero-order valence-corrected chi connectivity index (χ0v) is 11.1. The quantitative estimate of drug-likeness (QED) is 0.906. The average molecular weight is 270 g/mol. The van der Waals surface area contributed by atoms with Gasteiger partial charge in [0, 0.05) is 13.0 Å². The van der Waals surface area contributed by atoms with Crippen LogP contribution in [0.4, 0.5) is 0 Å². The highest BCUT2D eigenvalue weighted by atomic mass is 35.5. The van der Waals surface area contributed by atoms with Crippen LogP contribution in [-0.2, 0) is 13.0 Å². The summed E-state index contributed by atoms with van der Waals surface area (Å²) in [6.45, 7) is 4.99. The van der Waals surface area contributed by atoms with Crippen LogP contribution in [0.2, 0.25) is 5.22 Å². The fourth-order valence-electron chi connectivity index (χ4n) is 1.73. The second-order valence-electron chi connectivity index (χ2n) is 4.61. The van der Waals surface area contributed by atoms with E-state index in [2.05, 4.69) is 23.9 Å². The first-order chi connectivity index (χ1) is 8.56. The monoisotopic (exact) mass is 269 g/mol. The predicted octanol–water partition coefficient (Wildman–Crippen LogP) is 2.46. The van der Waals surface area contributed by atoms with Crippen molar-refractivity contribution >= 4 is 11.6 Å². The summed E-state index contributed by atoms with van der Waals surface area (Å²) in [4.78, 5) is 4.16. The van der Waals surface area contributed by atoms with Crippen LogP contribution in [0.15, 0.2) is 22.9 Å². The molecular weight excluding hydrogens is 254 g/mol. The number of rotatable bonds is 5. The van der Waals surface area contributed by atoms with Crippen LogP contribution in [0.3, 0.4) is 0 Å². The lowest BCUT2D eigenvalue weighted by atomic mass is 10.2. The molecule has 0 spiro atoms. The molecule has 0 aliphatic carbocycles. The van der Waals surface area contributed by atoms with E-state index in [0.29, 0.717) is 18.1 Å². The highest BCUT2D eigenvalue weighted by Crippen LogP contribution is 2.22. The molecule has 2 aromatic rings. The Labute approximate surface area is 110 Å². The molecule has 2 heterocycles. The van der Waals surface area contributed by atoms with Crippen LogP contribution in [0.1, 0.15) is 31.5 Å². The summed E-state index contributed by atoms with van der Waals surface area (Å²) in [5.41, 5.74) is 0. The number of hydrogen-bond donors (Lipinski definition) is 1. The summed E-state index contributed by atoms with van der Waals surface area (Å²) in [6, 6.07) is 3.27. The van der Waals surface area contributed by atoms with Gasteiger partial charge in [0.25, 0.3) is 0 Å². The zero-order chi connectivity index (χ0) is 13.1. The van der Waals surface area contributed by atoms with Gasteiger partial charge >= 0.3 is 0 Å². The normalized spacial score (nSPS) is 13.2. The summed E-state index contributed by atoms with van der Waals surface area (Å²) in [5.74, 6) is 1.66. The Balaban J connectivity index is 2.07. The summed E-state index contributed by atoms with van der Waals surface area (Å²) in [7, 11) is 0. The minimum atomic E-state index is -0.757. The van der Waals surface area contributed by atoms with E-state index in [-0.39, 0.29) is 5.22 Å². The van der Waals surface area contributed by atoms with E-state index in [4.69, 9.17) is 16.0 Å². The minimum Gasteiger partial charge on any atom is -0.447 e. The molecule has 1 atom stereocenters. The predicted molar refractivity (Wildman–Crippen MR) is 67.2 cm³/mol. The topological polar surface area (TPSA) is 64.1 Å². The van der Waals surface area contributed by atoms with Crippen molar-refractivity contribution in [2.45, 2.75) is 32.9 Å². The molecule has 98 valence electrons. The van der Waals surface area contributed by atoms with Crippen molar-refractivity contribution < 1.29 is 9.52 Å². The Hall–Kier alpha value is -1.33. The van der Waals surface area contributed by atoms with Gasteiger partial charge in [-0.2, -0.15) is 5.10 Å². The number of aliphatic hydroxyl groups is 1. The third kappa shape index (κ3) is 3.11. The molecule has 1 N–H and O–H groups in total. The van der Waals surface area contributed by atoms with Crippen LogP contribution < -0.4 is 0 Å². The van der Waals surface area contributed by atoms with Gasteiger partial charge in [-0.25, -0.2) is 9.67 Å². The van der Waals surface area contributed by atoms with Gasteiger partial charge in [0.15, 0.2) is 5.22 Å². The molecule has 0 aliphatic rings. The van der Waals surface area contributed by atoms with Gasteiger partial charge in [0.05, 0.1) is 0 Å². The van der Waals surface area contributed by atoms with Gasteiger partial charge in [0.1, 0.15) is 24.0 Å². The van der Waals surface area contributed by atoms with Crippen molar-refractivity contribution in [3.05, 3.63) is 35.3 Å². The van der Waals surface area contributed by atoms with Crippen molar-refractivity contribution in [2.24, 2.45) is 5.92 Å². The fraction of sp³-hybridized carbons (Fsp3) is 0.500. The first-order valence-electron chi connectivity index (χ1n) is 5.86. The van der Waals surface area contributed by atoms with E-state index in [0.717, 1.165) is 12.4 Å². The number of halogens is 1. The van der Waals surface area contributed by atoms with Crippen molar-refractivity contribution in [1.29, 1.82) is 0 Å². The van der Waals surface area contributed by atoms with Crippen molar-refractivity contribution in [3.8, 4) is 0 Å². The van der Waals surface area contributed by atoms with E-state index >= 15 is 0 Å². The Morgan fingerprint density at radius 1 is 1.44 bits per heavy atom. The van der Waals surface area contributed by atoms with Gasteiger partial charge in [0.2, 0.25) is 0 Å². The number of furan rings is 1. The molecule has 0 aliphatic heterocycles. The summed E-state index contributed by atoms with van der Waals surface area (Å²) < 4.78 is 6.98. The first kappa shape index (κ1) is 13.1. The summed E-state index contributed by atoms with van der Waals surface area (Å²) in [5, 5.41) is 14.4. The Morgan fingerprint density at radius 3 is 2.83 bits per heavy atom. The first-order valence-corrected chi connectivity index (χ1v) is 6.24. The minimum absolute atomic E-state index is 0.271. The maximum atomic E-state index is 10.0. The van der Waals surface area contributed by atoms with Gasteiger partial charge < -0.3 is 9.52 Å². The fourth-order valence-corrected chi connectivity index (χ4v) is 1.88. The molecule has 0 amide bonds. The average Bonchev–Trinajstić information content (AvgIpc) is 2.88. The molecule has 0 bridgehead atoms. The Morgan fingerprint density at radius 2 is 2.22 bits per heavy atom. The standard InChI is InChI=1S/C12H16ClN3O2/c1-8(2)6-16-12(14-7-15-16)5-9(17)10-3-4-11(13)18-10/h3-4,7-9,17H,5-6H2,1-2H3. The largest absolute Gasteiger partial charge is 0.447 e. The lowest BCUT2D eigenvalue weighted by Gasteiger charge is -2.10. The molecule has 18 heavy (non-hydrogen) atoms. The third-order valence-corrected chi connectivity index (χ3v) is 2.74. The molecule has 2 rings (SSSR count). The van der Waals surface area contributed by atoms with E-state index in [9.17, 15) is 5.11 Å². The molecule has 2 aromatic heterocycles. The summed E-state index contributed by atoms with van der Waals surface area (Å²) in [6.07, 6.45) is 1.10. The number of hydrogen-bond acceptors (Lipinski definition) is 4. The molecule has 0 fully saturated rings.